The van der Waals surface area contributed by atoms with E-state index in [0.29, 0.717) is 30.8 Å². The molecule has 0 bridgehead atoms. The molecule has 4 rings (SSSR count). The van der Waals surface area contributed by atoms with Crippen molar-refractivity contribution in [2.24, 2.45) is 5.41 Å². The fourth-order valence-corrected chi connectivity index (χ4v) is 6.73. The van der Waals surface area contributed by atoms with Crippen molar-refractivity contribution in [2.75, 3.05) is 13.1 Å². The molecule has 34 heavy (non-hydrogen) atoms. The third-order valence-electron chi connectivity index (χ3n) is 6.78. The number of Topliss-reactive ketones (excluding diaryl/α,β-unsaturated/α-hetero) is 1. The Morgan fingerprint density at radius 2 is 1.62 bits per heavy atom. The molecular formula is C26H34N2O5S. The van der Waals surface area contributed by atoms with Crippen molar-refractivity contribution in [3.63, 3.8) is 0 Å². The SMILES string of the molecule is CCCn1c(C)c(Cc2ccc(S(=O)(=O)N3CCCC3)cc2)c2c1CC(C)(C)CC2=O.O=C=O. The van der Waals surface area contributed by atoms with Gasteiger partial charge in [-0.15, -0.1) is 0 Å². The summed E-state index contributed by atoms with van der Waals surface area (Å²) in [6, 6.07) is 7.25. The monoisotopic (exact) mass is 486 g/mol. The topological polar surface area (TPSA) is 93.5 Å². The third kappa shape index (κ3) is 5.24. The van der Waals surface area contributed by atoms with Crippen LogP contribution in [0.4, 0.5) is 0 Å². The summed E-state index contributed by atoms with van der Waals surface area (Å²) in [5.41, 5.74) is 5.41. The Morgan fingerprint density at radius 1 is 1.03 bits per heavy atom. The third-order valence-corrected chi connectivity index (χ3v) is 8.69. The molecule has 0 saturated carbocycles. The number of benzene rings is 1. The number of sulfonamides is 1. The molecule has 0 unspecified atom stereocenters. The molecular weight excluding hydrogens is 452 g/mol. The van der Waals surface area contributed by atoms with Gasteiger partial charge >= 0.3 is 6.15 Å². The van der Waals surface area contributed by atoms with Crippen LogP contribution in [0.3, 0.4) is 0 Å². The standard InChI is InChI=1S/C25H34N2O3S.CO2/c1-5-12-27-18(2)21(24-22(27)16-25(3,4)17-23(24)28)15-19-8-10-20(11-9-19)31(29,30)26-13-6-7-14-26;2-1-3/h8-11H,5-7,12-17H2,1-4H3;. The van der Waals surface area contributed by atoms with Gasteiger partial charge in [-0.25, -0.2) is 8.42 Å². The molecule has 2 aliphatic rings. The molecule has 2 aromatic rings. The molecule has 1 aliphatic heterocycles. The lowest BCUT2D eigenvalue weighted by molar-refractivity contribution is -0.191. The summed E-state index contributed by atoms with van der Waals surface area (Å²) in [5.74, 6) is 0.243. The van der Waals surface area contributed by atoms with Gasteiger partial charge in [0.25, 0.3) is 0 Å². The van der Waals surface area contributed by atoms with Crippen molar-refractivity contribution in [3.8, 4) is 0 Å². The van der Waals surface area contributed by atoms with Gasteiger partial charge in [0.1, 0.15) is 0 Å². The van der Waals surface area contributed by atoms with Gasteiger partial charge in [0.05, 0.1) is 4.90 Å². The summed E-state index contributed by atoms with van der Waals surface area (Å²) < 4.78 is 29.5. The fraction of sp³-hybridized carbons (Fsp3) is 0.538. The number of aromatic nitrogens is 1. The first kappa shape index (κ1) is 26.1. The molecule has 0 amide bonds. The van der Waals surface area contributed by atoms with Crippen LogP contribution in [0.15, 0.2) is 29.2 Å². The van der Waals surface area contributed by atoms with E-state index < -0.39 is 10.0 Å². The molecule has 7 nitrogen and oxygen atoms in total. The Morgan fingerprint density at radius 3 is 2.18 bits per heavy atom. The lowest BCUT2D eigenvalue weighted by Gasteiger charge is -2.30. The first-order valence-corrected chi connectivity index (χ1v) is 13.3. The van der Waals surface area contributed by atoms with Crippen molar-refractivity contribution >= 4 is 22.0 Å². The molecule has 0 spiro atoms. The zero-order valence-corrected chi connectivity index (χ0v) is 21.3. The van der Waals surface area contributed by atoms with Crippen molar-refractivity contribution in [1.29, 1.82) is 0 Å². The molecule has 8 heteroatoms. The summed E-state index contributed by atoms with van der Waals surface area (Å²) >= 11 is 0. The van der Waals surface area contributed by atoms with Crippen molar-refractivity contribution in [3.05, 3.63) is 52.3 Å². The van der Waals surface area contributed by atoms with Crippen LogP contribution in [0.2, 0.25) is 0 Å². The Hall–Kier alpha value is -2.54. The number of fused-ring (bicyclic) bond motifs is 1. The van der Waals surface area contributed by atoms with Crippen LogP contribution in [-0.4, -0.2) is 42.3 Å². The molecule has 0 N–H and O–H groups in total. The minimum absolute atomic E-state index is 0.0107. The van der Waals surface area contributed by atoms with E-state index >= 15 is 0 Å². The van der Waals surface area contributed by atoms with E-state index in [0.717, 1.165) is 48.9 Å². The van der Waals surface area contributed by atoms with E-state index in [1.54, 1.807) is 16.4 Å². The van der Waals surface area contributed by atoms with Crippen LogP contribution in [-0.2, 0) is 39.0 Å². The van der Waals surface area contributed by atoms with Gasteiger partial charge in [-0.2, -0.15) is 13.9 Å². The summed E-state index contributed by atoms with van der Waals surface area (Å²) in [6.07, 6.45) is 5.29. The average Bonchev–Trinajstić information content (AvgIpc) is 3.39. The average molecular weight is 487 g/mol. The Bertz CT molecular complexity index is 1180. The van der Waals surface area contributed by atoms with E-state index in [1.165, 1.54) is 11.4 Å². The maximum absolute atomic E-state index is 13.1. The number of carbonyl (C=O) groups excluding carboxylic acids is 3. The van der Waals surface area contributed by atoms with E-state index in [4.69, 9.17) is 9.59 Å². The Kier molecular flexibility index (Phi) is 7.96. The molecule has 1 saturated heterocycles. The highest BCUT2D eigenvalue weighted by Gasteiger charge is 2.36. The first-order valence-electron chi connectivity index (χ1n) is 11.9. The van der Waals surface area contributed by atoms with E-state index in [2.05, 4.69) is 32.3 Å². The maximum atomic E-state index is 13.1. The minimum atomic E-state index is -3.40. The molecule has 1 aromatic heterocycles. The fourth-order valence-electron chi connectivity index (χ4n) is 5.21. The largest absolute Gasteiger partial charge is 0.373 e. The second-order valence-electron chi connectivity index (χ2n) is 9.99. The quantitative estimate of drug-likeness (QED) is 0.611. The second-order valence-corrected chi connectivity index (χ2v) is 11.9. The highest BCUT2D eigenvalue weighted by molar-refractivity contribution is 7.89. The van der Waals surface area contributed by atoms with E-state index in [9.17, 15) is 13.2 Å². The lowest BCUT2D eigenvalue weighted by Crippen LogP contribution is -2.28. The van der Waals surface area contributed by atoms with Crippen LogP contribution in [0.25, 0.3) is 0 Å². The van der Waals surface area contributed by atoms with Crippen LogP contribution < -0.4 is 0 Å². The summed E-state index contributed by atoms with van der Waals surface area (Å²) in [5, 5.41) is 0. The number of hydrogen-bond acceptors (Lipinski definition) is 5. The summed E-state index contributed by atoms with van der Waals surface area (Å²) in [4.78, 5) is 29.7. The van der Waals surface area contributed by atoms with Crippen molar-refractivity contribution in [1.82, 2.24) is 8.87 Å². The van der Waals surface area contributed by atoms with Crippen molar-refractivity contribution < 1.29 is 22.8 Å². The van der Waals surface area contributed by atoms with E-state index in [1.807, 2.05) is 12.1 Å². The van der Waals surface area contributed by atoms with Crippen LogP contribution in [0.1, 0.15) is 79.3 Å². The smallest absolute Gasteiger partial charge is 0.348 e. The minimum Gasteiger partial charge on any atom is -0.348 e. The van der Waals surface area contributed by atoms with Gasteiger partial charge in [-0.3, -0.25) is 4.79 Å². The first-order chi connectivity index (χ1) is 16.1. The molecule has 0 radical (unpaired) electrons. The zero-order valence-electron chi connectivity index (χ0n) is 20.5. The number of nitrogens with zero attached hydrogens (tertiary/aromatic N) is 2. The zero-order chi connectivity index (χ0) is 25.1. The highest BCUT2D eigenvalue weighted by atomic mass is 32.2. The van der Waals surface area contributed by atoms with Gasteiger partial charge in [0.2, 0.25) is 10.0 Å². The molecule has 0 atom stereocenters. The Balaban J connectivity index is 0.00000103. The summed E-state index contributed by atoms with van der Waals surface area (Å²) in [6.45, 7) is 10.8. The van der Waals surface area contributed by atoms with Crippen LogP contribution in [0, 0.1) is 12.3 Å². The number of ketones is 1. The van der Waals surface area contributed by atoms with Gasteiger partial charge in [-0.05, 0) is 67.7 Å². The second kappa shape index (κ2) is 10.4. The summed E-state index contributed by atoms with van der Waals surface area (Å²) in [7, 11) is -3.40. The van der Waals surface area contributed by atoms with Gasteiger partial charge in [-0.1, -0.05) is 32.9 Å². The predicted molar refractivity (Wildman–Crippen MR) is 128 cm³/mol. The molecule has 184 valence electrons. The molecule has 1 aromatic carbocycles. The number of hydrogen-bond donors (Lipinski definition) is 0. The van der Waals surface area contributed by atoms with Crippen LogP contribution >= 0.6 is 0 Å². The van der Waals surface area contributed by atoms with Crippen molar-refractivity contribution in [2.45, 2.75) is 77.7 Å². The van der Waals surface area contributed by atoms with Gasteiger partial charge < -0.3 is 4.57 Å². The number of carbonyl (C=O) groups is 1. The van der Waals surface area contributed by atoms with E-state index in [-0.39, 0.29) is 17.3 Å². The van der Waals surface area contributed by atoms with Gasteiger partial charge in [0, 0.05) is 43.0 Å². The number of rotatable bonds is 6. The molecule has 1 fully saturated rings. The van der Waals surface area contributed by atoms with Gasteiger partial charge in [0.15, 0.2) is 5.78 Å². The molecule has 2 heterocycles. The normalized spacial score (nSPS) is 17.6. The lowest BCUT2D eigenvalue weighted by atomic mass is 9.75. The molecule has 1 aliphatic carbocycles. The maximum Gasteiger partial charge on any atom is 0.373 e. The highest BCUT2D eigenvalue weighted by Crippen LogP contribution is 2.39. The predicted octanol–water partition coefficient (Wildman–Crippen LogP) is 4.15. The van der Waals surface area contributed by atoms with Crippen LogP contribution in [0.5, 0.6) is 0 Å². The Labute approximate surface area is 202 Å².